The van der Waals surface area contributed by atoms with Crippen molar-refractivity contribution >= 4 is 27.3 Å². The van der Waals surface area contributed by atoms with Crippen molar-refractivity contribution in [2.45, 2.75) is 31.1 Å². The van der Waals surface area contributed by atoms with Gasteiger partial charge in [0.2, 0.25) is 5.91 Å². The number of rotatable bonds is 6. The van der Waals surface area contributed by atoms with Crippen molar-refractivity contribution in [3.8, 4) is 5.75 Å². The van der Waals surface area contributed by atoms with Gasteiger partial charge in [0.1, 0.15) is 5.75 Å². The minimum absolute atomic E-state index is 0.0798. The second kappa shape index (κ2) is 8.48. The number of amides is 1. The Labute approximate surface area is 165 Å². The molecule has 0 fully saturated rings. The Morgan fingerprint density at radius 2 is 1.79 bits per heavy atom. The van der Waals surface area contributed by atoms with Gasteiger partial charge in [-0.15, -0.1) is 0 Å². The first-order valence-corrected chi connectivity index (χ1v) is 10.6. The molecule has 0 saturated carbocycles. The third kappa shape index (κ3) is 4.72. The molecule has 0 radical (unpaired) electrons. The Balaban J connectivity index is 1.79. The molecule has 0 saturated heterocycles. The fraction of sp³-hybridized carbons (Fsp3) is 0.286. The quantitative estimate of drug-likeness (QED) is 0.715. The number of sulfonamides is 1. The summed E-state index contributed by atoms with van der Waals surface area (Å²) >= 11 is 0. The van der Waals surface area contributed by atoms with Crippen LogP contribution in [0, 0.1) is 12.8 Å². The normalized spacial score (nSPS) is 16.4. The summed E-state index contributed by atoms with van der Waals surface area (Å²) in [6, 6.07) is 11.5. The van der Waals surface area contributed by atoms with Crippen molar-refractivity contribution in [1.82, 2.24) is 0 Å². The summed E-state index contributed by atoms with van der Waals surface area (Å²) in [7, 11) is -2.25. The zero-order valence-corrected chi connectivity index (χ0v) is 16.8. The molecule has 1 aliphatic carbocycles. The molecule has 1 unspecified atom stereocenters. The van der Waals surface area contributed by atoms with Gasteiger partial charge < -0.3 is 10.1 Å². The Morgan fingerprint density at radius 3 is 2.43 bits per heavy atom. The number of allylic oxidation sites excluding steroid dienone is 2. The first-order valence-electron chi connectivity index (χ1n) is 9.12. The van der Waals surface area contributed by atoms with Crippen LogP contribution in [0.5, 0.6) is 5.75 Å². The molecule has 2 aromatic rings. The second-order valence-corrected chi connectivity index (χ2v) is 8.44. The maximum Gasteiger partial charge on any atom is 0.262 e. The molecule has 0 spiro atoms. The summed E-state index contributed by atoms with van der Waals surface area (Å²) in [5.41, 5.74) is 1.50. The van der Waals surface area contributed by atoms with E-state index in [1.165, 1.54) is 6.07 Å². The number of carbonyl (C=O) groups excluding carboxylic acids is 1. The minimum Gasteiger partial charge on any atom is -0.497 e. The van der Waals surface area contributed by atoms with E-state index >= 15 is 0 Å². The second-order valence-electron chi connectivity index (χ2n) is 6.78. The SMILES string of the molecule is COc1ccc(NS(=O)(=O)c2cc(NC(=O)C3CC=CCC3)ccc2C)cc1. The van der Waals surface area contributed by atoms with Crippen LogP contribution in [0.3, 0.4) is 0 Å². The summed E-state index contributed by atoms with van der Waals surface area (Å²) in [5, 5.41) is 2.85. The Bertz CT molecular complexity index is 982. The largest absolute Gasteiger partial charge is 0.497 e. The van der Waals surface area contributed by atoms with E-state index in [0.29, 0.717) is 29.1 Å². The molecule has 7 heteroatoms. The van der Waals surface area contributed by atoms with Crippen LogP contribution in [-0.4, -0.2) is 21.4 Å². The van der Waals surface area contributed by atoms with E-state index in [4.69, 9.17) is 4.74 Å². The number of anilines is 2. The molecule has 1 aliphatic rings. The van der Waals surface area contributed by atoms with Crippen LogP contribution >= 0.6 is 0 Å². The number of ether oxygens (including phenoxy) is 1. The Kier molecular flexibility index (Phi) is 6.04. The van der Waals surface area contributed by atoms with Crippen molar-refractivity contribution in [2.75, 3.05) is 17.1 Å². The van der Waals surface area contributed by atoms with Gasteiger partial charge in [0.05, 0.1) is 12.0 Å². The smallest absolute Gasteiger partial charge is 0.262 e. The number of hydrogen-bond donors (Lipinski definition) is 2. The standard InChI is InChI=1S/C21H24N2O4S/c1-15-8-9-18(22-21(24)16-6-4-3-5-7-16)14-20(15)28(25,26)23-17-10-12-19(27-2)13-11-17/h3-4,8-14,16,23H,5-7H2,1-2H3,(H,22,24). The fourth-order valence-electron chi connectivity index (χ4n) is 3.11. The minimum atomic E-state index is -3.80. The van der Waals surface area contributed by atoms with E-state index in [9.17, 15) is 13.2 Å². The highest BCUT2D eigenvalue weighted by molar-refractivity contribution is 7.92. The maximum absolute atomic E-state index is 12.9. The van der Waals surface area contributed by atoms with Crippen LogP contribution in [0.25, 0.3) is 0 Å². The number of carbonyl (C=O) groups is 1. The van der Waals surface area contributed by atoms with Crippen molar-refractivity contribution in [3.63, 3.8) is 0 Å². The number of nitrogens with one attached hydrogen (secondary N) is 2. The molecular weight excluding hydrogens is 376 g/mol. The summed E-state index contributed by atoms with van der Waals surface area (Å²) in [5.74, 6) is 0.477. The Hall–Kier alpha value is -2.80. The molecule has 0 bridgehead atoms. The predicted octanol–water partition coefficient (Wildman–Crippen LogP) is 4.10. The molecule has 6 nitrogen and oxygen atoms in total. The zero-order chi connectivity index (χ0) is 20.1. The molecule has 0 aliphatic heterocycles. The maximum atomic E-state index is 12.9. The lowest BCUT2D eigenvalue weighted by molar-refractivity contribution is -0.120. The number of aryl methyl sites for hydroxylation is 1. The first-order chi connectivity index (χ1) is 13.4. The third-order valence-corrected chi connectivity index (χ3v) is 6.25. The summed E-state index contributed by atoms with van der Waals surface area (Å²) in [4.78, 5) is 12.6. The molecule has 1 atom stereocenters. The van der Waals surface area contributed by atoms with Gasteiger partial charge in [0, 0.05) is 17.3 Å². The van der Waals surface area contributed by atoms with E-state index in [2.05, 4.69) is 16.1 Å². The van der Waals surface area contributed by atoms with Crippen molar-refractivity contribution in [2.24, 2.45) is 5.92 Å². The number of benzene rings is 2. The molecule has 2 N–H and O–H groups in total. The van der Waals surface area contributed by atoms with Crippen molar-refractivity contribution in [1.29, 1.82) is 0 Å². The molecule has 3 rings (SSSR count). The first kappa shape index (κ1) is 19.9. The van der Waals surface area contributed by atoms with E-state index in [0.717, 1.165) is 12.8 Å². The summed E-state index contributed by atoms with van der Waals surface area (Å²) in [6.07, 6.45) is 6.49. The zero-order valence-electron chi connectivity index (χ0n) is 15.9. The van der Waals surface area contributed by atoms with Gasteiger partial charge in [-0.2, -0.15) is 0 Å². The van der Waals surface area contributed by atoms with Crippen LogP contribution in [-0.2, 0) is 14.8 Å². The third-order valence-electron chi connectivity index (χ3n) is 4.73. The topological polar surface area (TPSA) is 84.5 Å². The van der Waals surface area contributed by atoms with Crippen LogP contribution in [0.2, 0.25) is 0 Å². The molecule has 0 aromatic heterocycles. The summed E-state index contributed by atoms with van der Waals surface area (Å²) in [6.45, 7) is 1.72. The van der Waals surface area contributed by atoms with Gasteiger partial charge >= 0.3 is 0 Å². The van der Waals surface area contributed by atoms with E-state index < -0.39 is 10.0 Å². The van der Waals surface area contributed by atoms with Crippen molar-refractivity contribution in [3.05, 3.63) is 60.2 Å². The lowest BCUT2D eigenvalue weighted by Gasteiger charge is -2.18. The molecule has 2 aromatic carbocycles. The van der Waals surface area contributed by atoms with E-state index in [-0.39, 0.29) is 16.7 Å². The molecule has 0 heterocycles. The molecule has 1 amide bonds. The van der Waals surface area contributed by atoms with Crippen molar-refractivity contribution < 1.29 is 17.9 Å². The van der Waals surface area contributed by atoms with Gasteiger partial charge in [-0.25, -0.2) is 8.42 Å². The molecule has 28 heavy (non-hydrogen) atoms. The highest BCUT2D eigenvalue weighted by Crippen LogP contribution is 2.25. The predicted molar refractivity (Wildman–Crippen MR) is 110 cm³/mol. The average Bonchev–Trinajstić information content (AvgIpc) is 2.70. The van der Waals surface area contributed by atoms with Crippen LogP contribution in [0.1, 0.15) is 24.8 Å². The van der Waals surface area contributed by atoms with Gasteiger partial charge in [0.25, 0.3) is 10.0 Å². The van der Waals surface area contributed by atoms with Crippen LogP contribution in [0.4, 0.5) is 11.4 Å². The van der Waals surface area contributed by atoms with Gasteiger partial charge in [0.15, 0.2) is 0 Å². The molecular formula is C21H24N2O4S. The number of methoxy groups -OCH3 is 1. The highest BCUT2D eigenvalue weighted by atomic mass is 32.2. The Morgan fingerprint density at radius 1 is 1.07 bits per heavy atom. The lowest BCUT2D eigenvalue weighted by atomic mass is 9.93. The van der Waals surface area contributed by atoms with E-state index in [1.807, 2.05) is 6.08 Å². The average molecular weight is 401 g/mol. The summed E-state index contributed by atoms with van der Waals surface area (Å²) < 4.78 is 33.4. The molecule has 148 valence electrons. The van der Waals surface area contributed by atoms with Gasteiger partial charge in [-0.1, -0.05) is 18.2 Å². The van der Waals surface area contributed by atoms with Gasteiger partial charge in [-0.3, -0.25) is 9.52 Å². The van der Waals surface area contributed by atoms with E-state index in [1.54, 1.807) is 50.4 Å². The van der Waals surface area contributed by atoms with Crippen LogP contribution < -0.4 is 14.8 Å². The highest BCUT2D eigenvalue weighted by Gasteiger charge is 2.21. The lowest BCUT2D eigenvalue weighted by Crippen LogP contribution is -2.23. The van der Waals surface area contributed by atoms with Gasteiger partial charge in [-0.05, 0) is 68.1 Å². The number of hydrogen-bond acceptors (Lipinski definition) is 4. The van der Waals surface area contributed by atoms with Crippen LogP contribution in [0.15, 0.2) is 59.5 Å². The monoisotopic (exact) mass is 400 g/mol. The fourth-order valence-corrected chi connectivity index (χ4v) is 4.44.